The van der Waals surface area contributed by atoms with Gasteiger partial charge in [-0.1, -0.05) is 60.0 Å². The molecule has 1 unspecified atom stereocenters. The number of allylic oxidation sites excluding steroid dienone is 1. The molecule has 0 aromatic heterocycles. The van der Waals surface area contributed by atoms with E-state index in [1.807, 2.05) is 0 Å². The van der Waals surface area contributed by atoms with E-state index in [-0.39, 0.29) is 11.6 Å². The van der Waals surface area contributed by atoms with Gasteiger partial charge >= 0.3 is 6.03 Å². The SMILES string of the molecule is CCN1C(=O)N2Cc3cc(C)cc(C)c3C(C)C=C2C12CCN(Cc1cc(C)cc(C)c1)CC2. The van der Waals surface area contributed by atoms with Gasteiger partial charge in [0, 0.05) is 37.8 Å². The first-order chi connectivity index (χ1) is 16.2. The Labute approximate surface area is 205 Å². The lowest BCUT2D eigenvalue weighted by atomic mass is 9.81. The quantitative estimate of drug-likeness (QED) is 0.547. The third kappa shape index (κ3) is 3.76. The first kappa shape index (κ1) is 23.2. The van der Waals surface area contributed by atoms with Crippen molar-refractivity contribution in [2.24, 2.45) is 0 Å². The molecule has 0 bridgehead atoms. The molecule has 3 aliphatic rings. The molecule has 2 aromatic carbocycles. The number of aryl methyl sites for hydroxylation is 4. The van der Waals surface area contributed by atoms with Gasteiger partial charge in [0.25, 0.3) is 0 Å². The molecular formula is C30H39N3O. The highest BCUT2D eigenvalue weighted by molar-refractivity contribution is 5.83. The number of hydrogen-bond donors (Lipinski definition) is 0. The van der Waals surface area contributed by atoms with E-state index >= 15 is 0 Å². The maximum Gasteiger partial charge on any atom is 0.325 e. The van der Waals surface area contributed by atoms with Gasteiger partial charge in [-0.25, -0.2) is 4.79 Å². The molecule has 1 spiro atoms. The molecule has 3 heterocycles. The normalized spacial score (nSPS) is 22.0. The number of fused-ring (bicyclic) bond motifs is 3. The van der Waals surface area contributed by atoms with Crippen LogP contribution in [-0.4, -0.2) is 45.9 Å². The van der Waals surface area contributed by atoms with Gasteiger partial charge in [-0.15, -0.1) is 0 Å². The van der Waals surface area contributed by atoms with Gasteiger partial charge in [0.2, 0.25) is 0 Å². The van der Waals surface area contributed by atoms with Crippen molar-refractivity contribution in [1.82, 2.24) is 14.7 Å². The van der Waals surface area contributed by atoms with Crippen LogP contribution in [0.1, 0.15) is 71.6 Å². The fourth-order valence-electron chi connectivity index (χ4n) is 7.02. The molecular weight excluding hydrogens is 418 g/mol. The van der Waals surface area contributed by atoms with E-state index in [1.54, 1.807) is 0 Å². The van der Waals surface area contributed by atoms with Crippen molar-refractivity contribution in [3.05, 3.63) is 81.0 Å². The Morgan fingerprint density at radius 3 is 2.24 bits per heavy atom. The number of likely N-dealkylation sites (tertiary alicyclic amines) is 1. The van der Waals surface area contributed by atoms with E-state index in [0.29, 0.717) is 12.5 Å². The predicted molar refractivity (Wildman–Crippen MR) is 139 cm³/mol. The van der Waals surface area contributed by atoms with Crippen molar-refractivity contribution >= 4 is 6.03 Å². The van der Waals surface area contributed by atoms with E-state index in [2.05, 4.69) is 92.7 Å². The van der Waals surface area contributed by atoms with Crippen LogP contribution in [0.25, 0.3) is 0 Å². The number of nitrogens with zero attached hydrogens (tertiary/aromatic N) is 3. The molecule has 4 nitrogen and oxygen atoms in total. The molecule has 0 N–H and O–H groups in total. The van der Waals surface area contributed by atoms with Crippen LogP contribution in [0.3, 0.4) is 0 Å². The maximum atomic E-state index is 13.7. The lowest BCUT2D eigenvalue weighted by Crippen LogP contribution is -2.53. The Morgan fingerprint density at radius 2 is 1.59 bits per heavy atom. The molecule has 4 heteroatoms. The predicted octanol–water partition coefficient (Wildman–Crippen LogP) is 6.21. The maximum absolute atomic E-state index is 13.7. The highest BCUT2D eigenvalue weighted by Crippen LogP contribution is 2.47. The van der Waals surface area contributed by atoms with Crippen LogP contribution in [0.5, 0.6) is 0 Å². The average molecular weight is 458 g/mol. The summed E-state index contributed by atoms with van der Waals surface area (Å²) < 4.78 is 0. The van der Waals surface area contributed by atoms with Gasteiger partial charge in [0.15, 0.2) is 0 Å². The number of carbonyl (C=O) groups is 1. The second-order valence-corrected chi connectivity index (χ2v) is 10.9. The van der Waals surface area contributed by atoms with Crippen LogP contribution in [0.15, 0.2) is 42.1 Å². The van der Waals surface area contributed by atoms with Gasteiger partial charge in [0.05, 0.1) is 12.1 Å². The zero-order valence-corrected chi connectivity index (χ0v) is 21.7. The Morgan fingerprint density at radius 1 is 0.941 bits per heavy atom. The molecule has 2 amide bonds. The largest absolute Gasteiger partial charge is 0.325 e. The molecule has 0 aliphatic carbocycles. The minimum absolute atomic E-state index is 0.176. The third-order valence-electron chi connectivity index (χ3n) is 8.24. The Bertz CT molecular complexity index is 1140. The molecule has 2 saturated heterocycles. The standard InChI is InChI=1S/C30H39N3O/c1-7-33-29(34)32-19-26-16-22(4)13-23(5)28(26)24(6)17-27(32)30(33)8-10-31(11-9-30)18-25-14-20(2)12-21(3)15-25/h12-17,24H,7-11,18-19H2,1-6H3. The zero-order valence-electron chi connectivity index (χ0n) is 21.7. The summed E-state index contributed by atoms with van der Waals surface area (Å²) in [5.74, 6) is 0.311. The highest BCUT2D eigenvalue weighted by Gasteiger charge is 2.54. The summed E-state index contributed by atoms with van der Waals surface area (Å²) >= 11 is 0. The molecule has 180 valence electrons. The van der Waals surface area contributed by atoms with E-state index in [0.717, 1.165) is 39.0 Å². The lowest BCUT2D eigenvalue weighted by Gasteiger charge is -2.44. The topological polar surface area (TPSA) is 26.8 Å². The summed E-state index contributed by atoms with van der Waals surface area (Å²) in [5, 5.41) is 0. The van der Waals surface area contributed by atoms with Gasteiger partial charge < -0.3 is 4.90 Å². The van der Waals surface area contributed by atoms with Crippen molar-refractivity contribution in [2.75, 3.05) is 19.6 Å². The molecule has 0 radical (unpaired) electrons. The summed E-state index contributed by atoms with van der Waals surface area (Å²) in [6, 6.07) is 11.6. The van der Waals surface area contributed by atoms with Gasteiger partial charge in [-0.2, -0.15) is 0 Å². The fraction of sp³-hybridized carbons (Fsp3) is 0.500. The first-order valence-corrected chi connectivity index (χ1v) is 12.9. The molecule has 34 heavy (non-hydrogen) atoms. The van der Waals surface area contributed by atoms with Crippen molar-refractivity contribution in [2.45, 2.75) is 78.9 Å². The Balaban J connectivity index is 1.44. The van der Waals surface area contributed by atoms with E-state index < -0.39 is 0 Å². The molecule has 0 saturated carbocycles. The van der Waals surface area contributed by atoms with Crippen LogP contribution >= 0.6 is 0 Å². The third-order valence-corrected chi connectivity index (χ3v) is 8.24. The number of likely N-dealkylation sites (N-methyl/N-ethyl adjacent to an activating group) is 1. The number of urea groups is 1. The minimum atomic E-state index is -0.176. The molecule has 5 rings (SSSR count). The number of rotatable bonds is 3. The van der Waals surface area contributed by atoms with Gasteiger partial charge in [0.1, 0.15) is 0 Å². The van der Waals surface area contributed by atoms with Gasteiger partial charge in [-0.05, 0) is 69.7 Å². The van der Waals surface area contributed by atoms with Crippen LogP contribution in [0.2, 0.25) is 0 Å². The highest BCUT2D eigenvalue weighted by atomic mass is 16.2. The van der Waals surface area contributed by atoms with Crippen LogP contribution < -0.4 is 0 Å². The smallest absolute Gasteiger partial charge is 0.313 e. The minimum Gasteiger partial charge on any atom is -0.313 e. The van der Waals surface area contributed by atoms with Crippen LogP contribution in [-0.2, 0) is 13.1 Å². The zero-order chi connectivity index (χ0) is 24.2. The van der Waals surface area contributed by atoms with Gasteiger partial charge in [-0.3, -0.25) is 9.80 Å². The number of benzene rings is 2. The fourth-order valence-corrected chi connectivity index (χ4v) is 7.02. The number of piperidine rings is 1. The van der Waals surface area contributed by atoms with Crippen LogP contribution in [0.4, 0.5) is 4.79 Å². The molecule has 1 atom stereocenters. The molecule has 2 aromatic rings. The summed E-state index contributed by atoms with van der Waals surface area (Å²) in [4.78, 5) is 20.6. The second kappa shape index (κ2) is 8.57. The Hall–Kier alpha value is -2.59. The number of hydrogen-bond acceptors (Lipinski definition) is 2. The van der Waals surface area contributed by atoms with Crippen molar-refractivity contribution < 1.29 is 4.79 Å². The summed E-state index contributed by atoms with van der Waals surface area (Å²) in [6.07, 6.45) is 4.42. The van der Waals surface area contributed by atoms with Crippen molar-refractivity contribution in [3.63, 3.8) is 0 Å². The monoisotopic (exact) mass is 457 g/mol. The number of carbonyl (C=O) groups excluding carboxylic acids is 1. The molecule has 2 fully saturated rings. The Kier molecular flexibility index (Phi) is 5.84. The summed E-state index contributed by atoms with van der Waals surface area (Å²) in [6.45, 7) is 17.7. The number of amides is 2. The van der Waals surface area contributed by atoms with Crippen molar-refractivity contribution in [3.8, 4) is 0 Å². The van der Waals surface area contributed by atoms with E-state index in [4.69, 9.17) is 0 Å². The van der Waals surface area contributed by atoms with E-state index in [1.165, 1.54) is 44.6 Å². The van der Waals surface area contributed by atoms with Crippen molar-refractivity contribution in [1.29, 1.82) is 0 Å². The van der Waals surface area contributed by atoms with E-state index in [9.17, 15) is 4.79 Å². The summed E-state index contributed by atoms with van der Waals surface area (Å²) in [7, 11) is 0. The second-order valence-electron chi connectivity index (χ2n) is 10.9. The van der Waals surface area contributed by atoms with Crippen LogP contribution in [0, 0.1) is 27.7 Å². The lowest BCUT2D eigenvalue weighted by molar-refractivity contribution is 0.0888. The molecule has 3 aliphatic heterocycles. The summed E-state index contributed by atoms with van der Waals surface area (Å²) in [5.41, 5.74) is 10.5. The first-order valence-electron chi connectivity index (χ1n) is 12.9. The average Bonchev–Trinajstić information content (AvgIpc) is 2.86.